The van der Waals surface area contributed by atoms with Gasteiger partial charge in [0.1, 0.15) is 11.3 Å². The molecule has 4 aromatic rings. The maximum Gasteiger partial charge on any atom is 0.259 e. The lowest BCUT2D eigenvalue weighted by Gasteiger charge is -2.09. The standard InChI is InChI=1S/C23H19ClN2O3/c1-13-4-5-15(10-14(13)2)23-26-19-12-17(7-9-21(19)29-23)25-22(27)18-11-16(24)6-8-20(18)28-3/h4-12H,1-3H3,(H,25,27). The fourth-order valence-electron chi connectivity index (χ4n) is 3.06. The van der Waals surface area contributed by atoms with Gasteiger partial charge in [-0.15, -0.1) is 0 Å². The number of oxazole rings is 1. The summed E-state index contributed by atoms with van der Waals surface area (Å²) in [5, 5.41) is 3.32. The Labute approximate surface area is 173 Å². The van der Waals surface area contributed by atoms with E-state index in [1.807, 2.05) is 18.2 Å². The van der Waals surface area contributed by atoms with Crippen molar-refractivity contribution in [1.29, 1.82) is 0 Å². The Balaban J connectivity index is 1.63. The fourth-order valence-corrected chi connectivity index (χ4v) is 3.23. The van der Waals surface area contributed by atoms with Crippen LogP contribution in [0.4, 0.5) is 5.69 Å². The molecule has 3 aromatic carbocycles. The zero-order valence-corrected chi connectivity index (χ0v) is 17.0. The van der Waals surface area contributed by atoms with Crippen LogP contribution in [0.15, 0.2) is 59.0 Å². The highest BCUT2D eigenvalue weighted by molar-refractivity contribution is 6.31. The Morgan fingerprint density at radius 1 is 1.03 bits per heavy atom. The molecule has 29 heavy (non-hydrogen) atoms. The van der Waals surface area contributed by atoms with Crippen molar-refractivity contribution in [3.8, 4) is 17.2 Å². The van der Waals surface area contributed by atoms with E-state index in [9.17, 15) is 4.79 Å². The van der Waals surface area contributed by atoms with Gasteiger partial charge in [-0.05, 0) is 73.5 Å². The molecule has 0 atom stereocenters. The van der Waals surface area contributed by atoms with Crippen LogP contribution in [0.1, 0.15) is 21.5 Å². The first-order chi connectivity index (χ1) is 13.9. The van der Waals surface area contributed by atoms with Crippen LogP contribution in [-0.2, 0) is 0 Å². The molecule has 0 spiro atoms. The van der Waals surface area contributed by atoms with Crippen molar-refractivity contribution < 1.29 is 13.9 Å². The molecule has 0 bridgehead atoms. The van der Waals surface area contributed by atoms with Gasteiger partial charge >= 0.3 is 0 Å². The summed E-state index contributed by atoms with van der Waals surface area (Å²) in [6.45, 7) is 4.12. The highest BCUT2D eigenvalue weighted by Gasteiger charge is 2.15. The molecule has 0 radical (unpaired) electrons. The molecule has 0 fully saturated rings. The fraction of sp³-hybridized carbons (Fsp3) is 0.130. The number of carbonyl (C=O) groups is 1. The number of halogens is 1. The van der Waals surface area contributed by atoms with Gasteiger partial charge in [-0.1, -0.05) is 17.7 Å². The van der Waals surface area contributed by atoms with Crippen LogP contribution in [0.2, 0.25) is 5.02 Å². The zero-order chi connectivity index (χ0) is 20.5. The number of carbonyl (C=O) groups excluding carboxylic acids is 1. The molecule has 0 aliphatic carbocycles. The maximum atomic E-state index is 12.7. The molecule has 146 valence electrons. The van der Waals surface area contributed by atoms with Crippen molar-refractivity contribution >= 4 is 34.3 Å². The van der Waals surface area contributed by atoms with E-state index in [1.54, 1.807) is 36.4 Å². The molecule has 6 heteroatoms. The van der Waals surface area contributed by atoms with E-state index in [0.29, 0.717) is 39.0 Å². The summed E-state index contributed by atoms with van der Waals surface area (Å²) < 4.78 is 11.1. The van der Waals surface area contributed by atoms with Crippen molar-refractivity contribution in [3.05, 3.63) is 76.3 Å². The largest absolute Gasteiger partial charge is 0.496 e. The third-order valence-corrected chi connectivity index (χ3v) is 5.04. The van der Waals surface area contributed by atoms with Crippen molar-refractivity contribution in [2.24, 2.45) is 0 Å². The third kappa shape index (κ3) is 3.82. The average Bonchev–Trinajstić information content (AvgIpc) is 3.13. The van der Waals surface area contributed by atoms with Crippen molar-refractivity contribution in [2.75, 3.05) is 12.4 Å². The minimum absolute atomic E-state index is 0.318. The number of methoxy groups -OCH3 is 1. The molecule has 1 amide bonds. The number of nitrogens with zero attached hydrogens (tertiary/aromatic N) is 1. The topological polar surface area (TPSA) is 64.4 Å². The molecule has 0 aliphatic rings. The molecule has 4 rings (SSSR count). The van der Waals surface area contributed by atoms with Crippen LogP contribution in [0.3, 0.4) is 0 Å². The molecule has 5 nitrogen and oxygen atoms in total. The molecule has 1 heterocycles. The van der Waals surface area contributed by atoms with Gasteiger partial charge in [0.25, 0.3) is 5.91 Å². The molecular formula is C23H19ClN2O3. The maximum absolute atomic E-state index is 12.7. The summed E-state index contributed by atoms with van der Waals surface area (Å²) in [6, 6.07) is 16.3. The van der Waals surface area contributed by atoms with E-state index in [2.05, 4.69) is 24.1 Å². The lowest BCUT2D eigenvalue weighted by atomic mass is 10.1. The highest BCUT2D eigenvalue weighted by Crippen LogP contribution is 2.28. The molecular weight excluding hydrogens is 388 g/mol. The smallest absolute Gasteiger partial charge is 0.259 e. The number of amides is 1. The van der Waals surface area contributed by atoms with Gasteiger partial charge in [0.05, 0.1) is 12.7 Å². The molecule has 1 N–H and O–H groups in total. The summed E-state index contributed by atoms with van der Waals surface area (Å²) in [5.74, 6) is 0.677. The Morgan fingerprint density at radius 2 is 1.86 bits per heavy atom. The second kappa shape index (κ2) is 7.60. The second-order valence-electron chi connectivity index (χ2n) is 6.80. The van der Waals surface area contributed by atoms with E-state index in [-0.39, 0.29) is 5.91 Å². The van der Waals surface area contributed by atoms with E-state index < -0.39 is 0 Å². The van der Waals surface area contributed by atoms with E-state index in [1.165, 1.54) is 18.2 Å². The van der Waals surface area contributed by atoms with Gasteiger partial charge in [0.2, 0.25) is 5.89 Å². The van der Waals surface area contributed by atoms with Gasteiger partial charge in [-0.25, -0.2) is 4.98 Å². The number of rotatable bonds is 4. The van der Waals surface area contributed by atoms with E-state index in [4.69, 9.17) is 20.8 Å². The number of anilines is 1. The monoisotopic (exact) mass is 406 g/mol. The molecule has 0 aliphatic heterocycles. The Bertz CT molecular complexity index is 1230. The van der Waals surface area contributed by atoms with Gasteiger partial charge in [-0.3, -0.25) is 4.79 Å². The predicted molar refractivity (Wildman–Crippen MR) is 115 cm³/mol. The van der Waals surface area contributed by atoms with Gasteiger partial charge in [0, 0.05) is 16.3 Å². The number of nitrogens with one attached hydrogen (secondary N) is 1. The Kier molecular flexibility index (Phi) is 4.99. The molecule has 0 unspecified atom stereocenters. The lowest BCUT2D eigenvalue weighted by Crippen LogP contribution is -2.13. The first kappa shape index (κ1) is 19.0. The van der Waals surface area contributed by atoms with Crippen LogP contribution in [-0.4, -0.2) is 18.0 Å². The van der Waals surface area contributed by atoms with Crippen LogP contribution < -0.4 is 10.1 Å². The predicted octanol–water partition coefficient (Wildman–Crippen LogP) is 6.03. The zero-order valence-electron chi connectivity index (χ0n) is 16.2. The van der Waals surface area contributed by atoms with Crippen LogP contribution in [0.5, 0.6) is 5.75 Å². The van der Waals surface area contributed by atoms with E-state index >= 15 is 0 Å². The van der Waals surface area contributed by atoms with Crippen LogP contribution in [0, 0.1) is 13.8 Å². The van der Waals surface area contributed by atoms with Crippen LogP contribution >= 0.6 is 11.6 Å². The number of hydrogen-bond acceptors (Lipinski definition) is 4. The number of benzene rings is 3. The summed E-state index contributed by atoms with van der Waals surface area (Å²) in [4.78, 5) is 17.3. The molecule has 0 saturated carbocycles. The number of hydrogen-bond donors (Lipinski definition) is 1. The summed E-state index contributed by atoms with van der Waals surface area (Å²) in [5.41, 5.74) is 5.57. The van der Waals surface area contributed by atoms with Gasteiger partial charge in [-0.2, -0.15) is 0 Å². The number of ether oxygens (including phenoxy) is 1. The summed E-state index contributed by atoms with van der Waals surface area (Å²) in [6.07, 6.45) is 0. The molecule has 0 saturated heterocycles. The van der Waals surface area contributed by atoms with Crippen molar-refractivity contribution in [3.63, 3.8) is 0 Å². The quantitative estimate of drug-likeness (QED) is 0.449. The van der Waals surface area contributed by atoms with E-state index in [0.717, 1.165) is 5.56 Å². The third-order valence-electron chi connectivity index (χ3n) is 4.81. The first-order valence-corrected chi connectivity index (χ1v) is 9.45. The number of fused-ring (bicyclic) bond motifs is 1. The lowest BCUT2D eigenvalue weighted by molar-refractivity contribution is 0.102. The average molecular weight is 407 g/mol. The minimum Gasteiger partial charge on any atom is -0.496 e. The minimum atomic E-state index is -0.318. The Morgan fingerprint density at radius 3 is 2.62 bits per heavy atom. The summed E-state index contributed by atoms with van der Waals surface area (Å²) >= 11 is 6.02. The Hall–Kier alpha value is -3.31. The highest BCUT2D eigenvalue weighted by atomic mass is 35.5. The van der Waals surface area contributed by atoms with Gasteiger partial charge < -0.3 is 14.5 Å². The SMILES string of the molecule is COc1ccc(Cl)cc1C(=O)Nc1ccc2oc(-c3ccc(C)c(C)c3)nc2c1. The van der Waals surface area contributed by atoms with Gasteiger partial charge in [0.15, 0.2) is 5.58 Å². The van der Waals surface area contributed by atoms with Crippen molar-refractivity contribution in [2.45, 2.75) is 13.8 Å². The van der Waals surface area contributed by atoms with Crippen molar-refractivity contribution in [1.82, 2.24) is 4.98 Å². The number of aryl methyl sites for hydroxylation is 2. The second-order valence-corrected chi connectivity index (χ2v) is 7.24. The first-order valence-electron chi connectivity index (χ1n) is 9.08. The summed E-state index contributed by atoms with van der Waals surface area (Å²) in [7, 11) is 1.51. The molecule has 1 aromatic heterocycles. The van der Waals surface area contributed by atoms with Crippen LogP contribution in [0.25, 0.3) is 22.6 Å². The number of aromatic nitrogens is 1. The normalized spacial score (nSPS) is 10.9.